The van der Waals surface area contributed by atoms with E-state index in [1.165, 1.54) is 4.88 Å². The number of carbonyl (C=O) groups excluding carboxylic acids is 1. The van der Waals surface area contributed by atoms with Crippen LogP contribution in [-0.2, 0) is 6.42 Å². The van der Waals surface area contributed by atoms with Crippen molar-refractivity contribution in [2.24, 2.45) is 0 Å². The third-order valence-corrected chi connectivity index (χ3v) is 4.71. The number of amides is 1. The highest BCUT2D eigenvalue weighted by molar-refractivity contribution is 7.09. The van der Waals surface area contributed by atoms with Crippen molar-refractivity contribution in [3.05, 3.63) is 62.9 Å². The van der Waals surface area contributed by atoms with Crippen molar-refractivity contribution in [1.82, 2.24) is 10.5 Å². The van der Waals surface area contributed by atoms with Gasteiger partial charge in [-0.25, -0.2) is 0 Å². The first-order chi connectivity index (χ1) is 11.2. The van der Waals surface area contributed by atoms with Crippen LogP contribution in [0.3, 0.4) is 0 Å². The van der Waals surface area contributed by atoms with Crippen LogP contribution in [0.2, 0.25) is 5.02 Å². The molecular weight excluding hydrogens is 332 g/mol. The van der Waals surface area contributed by atoms with Gasteiger partial charge in [-0.05, 0) is 36.9 Å². The second kappa shape index (κ2) is 6.98. The summed E-state index contributed by atoms with van der Waals surface area (Å²) < 4.78 is 5.34. The van der Waals surface area contributed by atoms with Crippen molar-refractivity contribution in [1.29, 1.82) is 0 Å². The molecule has 0 atom stereocenters. The molecule has 0 unspecified atom stereocenters. The van der Waals surface area contributed by atoms with Crippen LogP contribution in [0.25, 0.3) is 11.3 Å². The lowest BCUT2D eigenvalue weighted by Gasteiger charge is -2.06. The number of aryl methyl sites for hydroxylation is 1. The van der Waals surface area contributed by atoms with Gasteiger partial charge in [-0.2, -0.15) is 0 Å². The highest BCUT2D eigenvalue weighted by atomic mass is 35.5. The van der Waals surface area contributed by atoms with E-state index in [1.807, 2.05) is 29.6 Å². The quantitative estimate of drug-likeness (QED) is 0.747. The van der Waals surface area contributed by atoms with E-state index in [-0.39, 0.29) is 5.91 Å². The fourth-order valence-electron chi connectivity index (χ4n) is 2.31. The molecule has 2 heterocycles. The van der Waals surface area contributed by atoms with Gasteiger partial charge in [0.2, 0.25) is 0 Å². The smallest absolute Gasteiger partial charge is 0.257 e. The summed E-state index contributed by atoms with van der Waals surface area (Å²) in [5.74, 6) is 0.206. The maximum Gasteiger partial charge on any atom is 0.257 e. The minimum atomic E-state index is -0.199. The lowest BCUT2D eigenvalue weighted by atomic mass is 10.1. The van der Waals surface area contributed by atoms with Crippen LogP contribution < -0.4 is 5.32 Å². The highest BCUT2D eigenvalue weighted by Crippen LogP contribution is 2.31. The molecule has 23 heavy (non-hydrogen) atoms. The van der Waals surface area contributed by atoms with Crippen LogP contribution in [0.5, 0.6) is 0 Å². The Balaban J connectivity index is 1.78. The van der Waals surface area contributed by atoms with Crippen LogP contribution in [0.15, 0.2) is 46.3 Å². The standard InChI is InChI=1S/C17H15ClN2O2S/c1-11-15(17(21)19-9-8-12-5-4-10-23-12)16(22-20-11)13-6-2-3-7-14(13)18/h2-7,10H,8-9H2,1H3,(H,19,21). The summed E-state index contributed by atoms with van der Waals surface area (Å²) in [6.07, 6.45) is 0.801. The van der Waals surface area contributed by atoms with Crippen molar-refractivity contribution >= 4 is 28.8 Å². The molecule has 1 amide bonds. The molecule has 4 nitrogen and oxygen atoms in total. The minimum Gasteiger partial charge on any atom is -0.355 e. The Morgan fingerprint density at radius 1 is 1.30 bits per heavy atom. The fourth-order valence-corrected chi connectivity index (χ4v) is 3.24. The van der Waals surface area contributed by atoms with Crippen LogP contribution in [-0.4, -0.2) is 17.6 Å². The van der Waals surface area contributed by atoms with Gasteiger partial charge in [0.1, 0.15) is 5.56 Å². The molecule has 0 aliphatic carbocycles. The van der Waals surface area contributed by atoms with Crippen molar-refractivity contribution in [3.8, 4) is 11.3 Å². The Bertz CT molecular complexity index is 812. The molecule has 6 heteroatoms. The maximum absolute atomic E-state index is 12.5. The third kappa shape index (κ3) is 3.46. The van der Waals surface area contributed by atoms with Gasteiger partial charge in [0, 0.05) is 17.0 Å². The molecule has 0 bridgehead atoms. The van der Waals surface area contributed by atoms with Crippen LogP contribution >= 0.6 is 22.9 Å². The van der Waals surface area contributed by atoms with Crippen LogP contribution in [0, 0.1) is 6.92 Å². The van der Waals surface area contributed by atoms with Gasteiger partial charge < -0.3 is 9.84 Å². The lowest BCUT2D eigenvalue weighted by Crippen LogP contribution is -2.26. The van der Waals surface area contributed by atoms with Crippen molar-refractivity contribution in [2.45, 2.75) is 13.3 Å². The zero-order chi connectivity index (χ0) is 16.2. The molecule has 3 rings (SSSR count). The van der Waals surface area contributed by atoms with Crippen LogP contribution in [0.1, 0.15) is 20.9 Å². The molecule has 1 aromatic carbocycles. The van der Waals surface area contributed by atoms with E-state index in [2.05, 4.69) is 16.5 Å². The van der Waals surface area contributed by atoms with Crippen molar-refractivity contribution in [3.63, 3.8) is 0 Å². The first kappa shape index (κ1) is 15.8. The Kier molecular flexibility index (Phi) is 4.79. The minimum absolute atomic E-state index is 0.199. The fraction of sp³-hybridized carbons (Fsp3) is 0.176. The van der Waals surface area contributed by atoms with Gasteiger partial charge in [-0.3, -0.25) is 4.79 Å². The van der Waals surface area contributed by atoms with Gasteiger partial charge in [0.15, 0.2) is 5.76 Å². The van der Waals surface area contributed by atoms with E-state index in [0.29, 0.717) is 34.1 Å². The number of nitrogens with one attached hydrogen (secondary N) is 1. The molecule has 0 saturated carbocycles. The highest BCUT2D eigenvalue weighted by Gasteiger charge is 2.22. The number of halogens is 1. The molecule has 3 aromatic rings. The molecule has 2 aromatic heterocycles. The molecule has 0 aliphatic rings. The summed E-state index contributed by atoms with van der Waals surface area (Å²) in [6, 6.07) is 11.3. The number of benzene rings is 1. The Morgan fingerprint density at radius 2 is 2.13 bits per heavy atom. The van der Waals surface area contributed by atoms with Crippen LogP contribution in [0.4, 0.5) is 0 Å². The second-order valence-corrected chi connectivity index (χ2v) is 6.48. The predicted octanol–water partition coefficient (Wildman–Crippen LogP) is 4.34. The third-order valence-electron chi connectivity index (χ3n) is 3.45. The van der Waals surface area contributed by atoms with E-state index in [4.69, 9.17) is 16.1 Å². The normalized spacial score (nSPS) is 10.7. The summed E-state index contributed by atoms with van der Waals surface area (Å²) in [6.45, 7) is 2.31. The van der Waals surface area contributed by atoms with E-state index in [9.17, 15) is 4.79 Å². The number of carbonyl (C=O) groups is 1. The van der Waals surface area contributed by atoms with Gasteiger partial charge in [-0.15, -0.1) is 11.3 Å². The topological polar surface area (TPSA) is 55.1 Å². The molecule has 118 valence electrons. The second-order valence-electron chi connectivity index (χ2n) is 5.04. The van der Waals surface area contributed by atoms with Crippen molar-refractivity contribution < 1.29 is 9.32 Å². The largest absolute Gasteiger partial charge is 0.355 e. The Labute approximate surface area is 143 Å². The summed E-state index contributed by atoms with van der Waals surface area (Å²) >= 11 is 7.88. The molecule has 0 aliphatic heterocycles. The first-order valence-corrected chi connectivity index (χ1v) is 8.44. The average molecular weight is 347 g/mol. The van der Waals surface area contributed by atoms with E-state index in [1.54, 1.807) is 24.3 Å². The van der Waals surface area contributed by atoms with Gasteiger partial charge in [0.05, 0.1) is 10.7 Å². The number of aromatic nitrogens is 1. The summed E-state index contributed by atoms with van der Waals surface area (Å²) in [7, 11) is 0. The molecule has 0 fully saturated rings. The average Bonchev–Trinajstić information content (AvgIpc) is 3.17. The van der Waals surface area contributed by atoms with E-state index in [0.717, 1.165) is 6.42 Å². The monoisotopic (exact) mass is 346 g/mol. The Morgan fingerprint density at radius 3 is 2.87 bits per heavy atom. The Hall–Kier alpha value is -2.11. The summed E-state index contributed by atoms with van der Waals surface area (Å²) in [4.78, 5) is 13.7. The van der Waals surface area contributed by atoms with Gasteiger partial charge in [0.25, 0.3) is 5.91 Å². The molecule has 0 saturated heterocycles. The zero-order valence-corrected chi connectivity index (χ0v) is 14.1. The predicted molar refractivity (Wildman–Crippen MR) is 92.0 cm³/mol. The van der Waals surface area contributed by atoms with E-state index < -0.39 is 0 Å². The summed E-state index contributed by atoms with van der Waals surface area (Å²) in [5, 5.41) is 9.39. The lowest BCUT2D eigenvalue weighted by molar-refractivity contribution is 0.0954. The SMILES string of the molecule is Cc1noc(-c2ccccc2Cl)c1C(=O)NCCc1cccs1. The zero-order valence-electron chi connectivity index (χ0n) is 12.5. The number of nitrogens with zero attached hydrogens (tertiary/aromatic N) is 1. The van der Waals surface area contributed by atoms with E-state index >= 15 is 0 Å². The number of rotatable bonds is 5. The number of hydrogen-bond acceptors (Lipinski definition) is 4. The summed E-state index contributed by atoms with van der Waals surface area (Å²) in [5.41, 5.74) is 1.65. The van der Waals surface area contributed by atoms with Crippen molar-refractivity contribution in [2.75, 3.05) is 6.54 Å². The molecule has 1 N–H and O–H groups in total. The molecular formula is C17H15ClN2O2S. The number of thiophene rings is 1. The first-order valence-electron chi connectivity index (χ1n) is 7.18. The van der Waals surface area contributed by atoms with Gasteiger partial charge >= 0.3 is 0 Å². The molecule has 0 spiro atoms. The number of hydrogen-bond donors (Lipinski definition) is 1. The van der Waals surface area contributed by atoms with Gasteiger partial charge in [-0.1, -0.05) is 35.0 Å². The maximum atomic E-state index is 12.5. The molecule has 0 radical (unpaired) electrons.